The van der Waals surface area contributed by atoms with Crippen LogP contribution in [0, 0.1) is 6.92 Å². The quantitative estimate of drug-likeness (QED) is 0.197. The number of rotatable bonds is 12. The highest BCUT2D eigenvalue weighted by Crippen LogP contribution is 2.31. The average molecular weight is 603 g/mol. The summed E-state index contributed by atoms with van der Waals surface area (Å²) < 4.78 is 6.12. The summed E-state index contributed by atoms with van der Waals surface area (Å²) in [5, 5.41) is 13.2. The van der Waals surface area contributed by atoms with Crippen molar-refractivity contribution >= 4 is 23.4 Å². The number of carbonyl (C=O) groups excluding carboxylic acids is 2. The zero-order chi connectivity index (χ0) is 31.3. The number of amides is 3. The van der Waals surface area contributed by atoms with Gasteiger partial charge in [0, 0.05) is 61.3 Å². The van der Waals surface area contributed by atoms with Gasteiger partial charge >= 0.3 is 6.03 Å². The van der Waals surface area contributed by atoms with Gasteiger partial charge in [0.15, 0.2) is 11.4 Å². The van der Waals surface area contributed by atoms with Crippen LogP contribution in [-0.4, -0.2) is 70.9 Å². The van der Waals surface area contributed by atoms with E-state index in [-0.39, 0.29) is 24.0 Å². The molecule has 1 aliphatic heterocycles. The number of anilines is 2. The van der Waals surface area contributed by atoms with E-state index in [1.54, 1.807) is 13.8 Å². The first kappa shape index (κ1) is 31.2. The summed E-state index contributed by atoms with van der Waals surface area (Å²) in [6, 6.07) is 16.3. The van der Waals surface area contributed by atoms with Gasteiger partial charge in [0.25, 0.3) is 5.91 Å². The summed E-state index contributed by atoms with van der Waals surface area (Å²) in [5.41, 5.74) is 15.5. The van der Waals surface area contributed by atoms with Gasteiger partial charge in [-0.05, 0) is 82.7 Å². The van der Waals surface area contributed by atoms with E-state index < -0.39 is 5.60 Å². The molecule has 1 atom stereocenters. The van der Waals surface area contributed by atoms with Crippen LogP contribution in [0.2, 0.25) is 0 Å². The van der Waals surface area contributed by atoms with Crippen molar-refractivity contribution in [2.24, 2.45) is 5.73 Å². The highest BCUT2D eigenvalue weighted by atomic mass is 16.5. The zero-order valence-corrected chi connectivity index (χ0v) is 26.1. The van der Waals surface area contributed by atoms with Crippen molar-refractivity contribution in [3.8, 4) is 16.9 Å². The van der Waals surface area contributed by atoms with Gasteiger partial charge < -0.3 is 36.6 Å². The molecule has 2 fully saturated rings. The molecule has 11 nitrogen and oxygen atoms in total. The molecule has 2 aromatic carbocycles. The lowest BCUT2D eigenvalue weighted by Gasteiger charge is -2.36. The number of piperidine rings is 1. The Labute approximate surface area is 259 Å². The van der Waals surface area contributed by atoms with Gasteiger partial charge in [0.2, 0.25) is 0 Å². The molecule has 2 aliphatic rings. The summed E-state index contributed by atoms with van der Waals surface area (Å²) in [6.45, 7) is 8.68. The highest BCUT2D eigenvalue weighted by molar-refractivity contribution is 5.84. The molecule has 1 saturated carbocycles. The number of nitrogens with zero attached hydrogens (tertiary/aromatic N) is 3. The van der Waals surface area contributed by atoms with Gasteiger partial charge in [0.1, 0.15) is 5.75 Å². The number of ether oxygens (including phenoxy) is 1. The first-order valence-corrected chi connectivity index (χ1v) is 15.6. The Balaban J connectivity index is 1.18. The van der Waals surface area contributed by atoms with Crippen LogP contribution in [0.15, 0.2) is 48.5 Å². The van der Waals surface area contributed by atoms with Crippen molar-refractivity contribution in [1.29, 1.82) is 0 Å². The lowest BCUT2D eigenvalue weighted by atomic mass is 10.0. The Hall–Kier alpha value is -4.25. The third-order valence-corrected chi connectivity index (χ3v) is 8.34. The number of aromatic nitrogens is 2. The second-order valence-electron chi connectivity index (χ2n) is 12.4. The summed E-state index contributed by atoms with van der Waals surface area (Å²) in [5.74, 6) is 0.940. The number of H-pyrrole nitrogens is 1. The summed E-state index contributed by atoms with van der Waals surface area (Å²) in [6.07, 6.45) is 4.67. The smallest absolute Gasteiger partial charge is 0.318 e. The molecule has 236 valence electrons. The molecule has 2 heterocycles. The minimum absolute atomic E-state index is 0.0159. The maximum Gasteiger partial charge on any atom is 0.318 e. The van der Waals surface area contributed by atoms with Crippen molar-refractivity contribution in [3.63, 3.8) is 0 Å². The Kier molecular flexibility index (Phi) is 9.63. The molecule has 7 N–H and O–H groups in total. The van der Waals surface area contributed by atoms with E-state index in [1.807, 2.05) is 48.2 Å². The van der Waals surface area contributed by atoms with E-state index in [4.69, 9.17) is 16.2 Å². The van der Waals surface area contributed by atoms with Crippen molar-refractivity contribution in [1.82, 2.24) is 25.7 Å². The van der Waals surface area contributed by atoms with Crippen molar-refractivity contribution < 1.29 is 14.3 Å². The first-order valence-electron chi connectivity index (χ1n) is 15.6. The Morgan fingerprint density at radius 3 is 2.61 bits per heavy atom. The molecule has 3 aromatic rings. The van der Waals surface area contributed by atoms with Crippen LogP contribution in [0.1, 0.15) is 57.2 Å². The number of carbonyl (C=O) groups is 2. The van der Waals surface area contributed by atoms with Gasteiger partial charge in [0.05, 0.1) is 0 Å². The number of urea groups is 1. The minimum Gasteiger partial charge on any atom is -0.478 e. The van der Waals surface area contributed by atoms with Crippen LogP contribution in [0.5, 0.6) is 5.75 Å². The van der Waals surface area contributed by atoms with E-state index in [2.05, 4.69) is 37.9 Å². The number of benzene rings is 2. The van der Waals surface area contributed by atoms with E-state index in [0.29, 0.717) is 37.7 Å². The van der Waals surface area contributed by atoms with E-state index in [9.17, 15) is 9.59 Å². The Bertz CT molecular complexity index is 1410. The second kappa shape index (κ2) is 13.6. The van der Waals surface area contributed by atoms with Gasteiger partial charge in [-0.2, -0.15) is 5.10 Å². The topological polar surface area (TPSA) is 155 Å². The summed E-state index contributed by atoms with van der Waals surface area (Å²) in [7, 11) is 0. The number of nitrogens with two attached hydrogens (primary N) is 2. The molecule has 1 aliphatic carbocycles. The standard InChI is InChI=1S/C33H46N8O3/c1-22-29(30(35)39-38-22)24-12-10-23(11-13-24)20-41(26-14-15-26)32(43)37-25-7-5-18-40(21-25)27-8-4-9-28(19-27)44-33(2,3)31(42)36-17-6-16-34/h4,8-13,19,25-26H,5-7,14-18,20-21,34H2,1-3H3,(H,36,42)(H,37,43)(H3,35,38,39)/t25-/m1/s1. The molecule has 0 radical (unpaired) electrons. The third-order valence-electron chi connectivity index (χ3n) is 8.34. The highest BCUT2D eigenvalue weighted by Gasteiger charge is 2.34. The Morgan fingerprint density at radius 2 is 1.93 bits per heavy atom. The second-order valence-corrected chi connectivity index (χ2v) is 12.4. The van der Waals surface area contributed by atoms with E-state index in [0.717, 1.165) is 66.7 Å². The SMILES string of the molecule is Cc1[nH]nc(N)c1-c1ccc(CN(C(=O)N[C@@H]2CCCN(c3cccc(OC(C)(C)C(=O)NCCCN)c3)C2)C2CC2)cc1. The first-order chi connectivity index (χ1) is 21.1. The van der Waals surface area contributed by atoms with Gasteiger partial charge in [-0.1, -0.05) is 30.3 Å². The molecular weight excluding hydrogens is 556 g/mol. The molecule has 44 heavy (non-hydrogen) atoms. The lowest BCUT2D eigenvalue weighted by Crippen LogP contribution is -2.52. The molecule has 1 saturated heterocycles. The number of nitrogens with one attached hydrogen (secondary N) is 3. The molecular formula is C33H46N8O3. The maximum absolute atomic E-state index is 13.6. The maximum atomic E-state index is 13.6. The minimum atomic E-state index is -1.02. The summed E-state index contributed by atoms with van der Waals surface area (Å²) in [4.78, 5) is 30.5. The molecule has 0 spiro atoms. The van der Waals surface area contributed by atoms with Crippen LogP contribution in [-0.2, 0) is 11.3 Å². The van der Waals surface area contributed by atoms with Gasteiger partial charge in [-0.3, -0.25) is 9.89 Å². The van der Waals surface area contributed by atoms with E-state index in [1.165, 1.54) is 0 Å². The van der Waals surface area contributed by atoms with Crippen LogP contribution in [0.25, 0.3) is 11.1 Å². The monoisotopic (exact) mass is 602 g/mol. The Morgan fingerprint density at radius 1 is 1.16 bits per heavy atom. The molecule has 3 amide bonds. The third kappa shape index (κ3) is 7.63. The summed E-state index contributed by atoms with van der Waals surface area (Å²) >= 11 is 0. The number of hydrogen-bond acceptors (Lipinski definition) is 7. The van der Waals surface area contributed by atoms with Crippen LogP contribution >= 0.6 is 0 Å². The van der Waals surface area contributed by atoms with Crippen LogP contribution in [0.3, 0.4) is 0 Å². The lowest BCUT2D eigenvalue weighted by molar-refractivity contribution is -0.134. The number of aryl methyl sites for hydroxylation is 1. The van der Waals surface area contributed by atoms with Crippen molar-refractivity contribution in [3.05, 3.63) is 59.8 Å². The number of hydrogen-bond donors (Lipinski definition) is 5. The van der Waals surface area contributed by atoms with Crippen LogP contribution < -0.4 is 31.7 Å². The van der Waals surface area contributed by atoms with Crippen LogP contribution in [0.4, 0.5) is 16.3 Å². The molecule has 1 aromatic heterocycles. The predicted octanol–water partition coefficient (Wildman–Crippen LogP) is 3.93. The largest absolute Gasteiger partial charge is 0.478 e. The fourth-order valence-corrected chi connectivity index (χ4v) is 5.73. The zero-order valence-electron chi connectivity index (χ0n) is 26.1. The molecule has 0 unspecified atom stereocenters. The molecule has 0 bridgehead atoms. The number of aromatic amines is 1. The molecule has 11 heteroatoms. The average Bonchev–Trinajstić information content (AvgIpc) is 3.79. The predicted molar refractivity (Wildman–Crippen MR) is 173 cm³/mol. The van der Waals surface area contributed by atoms with Gasteiger partial charge in [-0.15, -0.1) is 0 Å². The van der Waals surface area contributed by atoms with Gasteiger partial charge in [-0.25, -0.2) is 4.79 Å². The normalized spacial score (nSPS) is 16.8. The van der Waals surface area contributed by atoms with E-state index >= 15 is 0 Å². The number of nitrogen functional groups attached to an aromatic ring is 1. The fourth-order valence-electron chi connectivity index (χ4n) is 5.73. The van der Waals surface area contributed by atoms with Crippen molar-refractivity contribution in [2.45, 2.75) is 77.1 Å². The molecule has 5 rings (SSSR count). The van der Waals surface area contributed by atoms with Crippen molar-refractivity contribution in [2.75, 3.05) is 36.8 Å². The fraction of sp³-hybridized carbons (Fsp3) is 0.485.